The van der Waals surface area contributed by atoms with Gasteiger partial charge in [0, 0.05) is 17.6 Å². The van der Waals surface area contributed by atoms with E-state index in [2.05, 4.69) is 19.1 Å². The molecule has 11 heteroatoms. The summed E-state index contributed by atoms with van der Waals surface area (Å²) >= 11 is 1.22. The van der Waals surface area contributed by atoms with Gasteiger partial charge in [0.2, 0.25) is 5.88 Å². The van der Waals surface area contributed by atoms with E-state index < -0.39 is 16.2 Å². The van der Waals surface area contributed by atoms with Crippen molar-refractivity contribution in [1.29, 1.82) is 0 Å². The molecular formula is C18H14N6O3S2. The number of nitrogens with two attached hydrogens (primary N) is 1. The van der Waals surface area contributed by atoms with E-state index in [1.807, 2.05) is 0 Å². The second-order valence-corrected chi connectivity index (χ2v) is 8.71. The standard InChI is InChI=1S/C18H14N6O3S2/c19-16-13-6-8-27-17(13)21-10-24(16)12-3-1-11(2-4-12)23-29(25,26)18-14-9-22-28-15(14)5-7-20-18/h1-10,16,23H,19H2. The molecule has 4 heterocycles. The number of furan rings is 1. The Kier molecular flexibility index (Phi) is 4.08. The van der Waals surface area contributed by atoms with Gasteiger partial charge in [-0.1, -0.05) is 0 Å². The first-order chi connectivity index (χ1) is 14.0. The fourth-order valence-electron chi connectivity index (χ4n) is 3.10. The minimum atomic E-state index is -3.86. The average Bonchev–Trinajstić information content (AvgIpc) is 3.38. The molecule has 3 N–H and O–H groups in total. The van der Waals surface area contributed by atoms with Crippen LogP contribution < -0.4 is 15.4 Å². The van der Waals surface area contributed by atoms with Crippen molar-refractivity contribution < 1.29 is 12.8 Å². The first kappa shape index (κ1) is 17.8. The number of rotatable bonds is 4. The number of aromatic nitrogens is 2. The minimum absolute atomic E-state index is 0.0505. The van der Waals surface area contributed by atoms with E-state index in [-0.39, 0.29) is 5.03 Å². The van der Waals surface area contributed by atoms with Gasteiger partial charge >= 0.3 is 0 Å². The van der Waals surface area contributed by atoms with E-state index in [0.717, 1.165) is 16.0 Å². The molecule has 0 radical (unpaired) electrons. The summed E-state index contributed by atoms with van der Waals surface area (Å²) in [5.74, 6) is 0.489. The van der Waals surface area contributed by atoms with Crippen molar-refractivity contribution >= 4 is 55.2 Å². The van der Waals surface area contributed by atoms with Crippen LogP contribution >= 0.6 is 11.5 Å². The normalized spacial score (nSPS) is 16.2. The summed E-state index contributed by atoms with van der Waals surface area (Å²) in [6.07, 6.45) is 5.65. The number of fused-ring (bicyclic) bond motifs is 2. The zero-order chi connectivity index (χ0) is 20.0. The number of nitrogens with one attached hydrogen (secondary N) is 1. The van der Waals surface area contributed by atoms with Crippen molar-refractivity contribution in [3.63, 3.8) is 0 Å². The summed E-state index contributed by atoms with van der Waals surface area (Å²) in [6, 6.07) is 10.3. The highest BCUT2D eigenvalue weighted by Crippen LogP contribution is 2.34. The predicted octanol–water partition coefficient (Wildman–Crippen LogP) is 3.22. The maximum atomic E-state index is 12.8. The molecule has 0 aliphatic carbocycles. The monoisotopic (exact) mass is 426 g/mol. The molecule has 1 aliphatic heterocycles. The summed E-state index contributed by atoms with van der Waals surface area (Å²) in [6.45, 7) is 0. The minimum Gasteiger partial charge on any atom is -0.446 e. The number of hydrogen-bond acceptors (Lipinski definition) is 9. The van der Waals surface area contributed by atoms with Crippen LogP contribution in [0.5, 0.6) is 0 Å². The van der Waals surface area contributed by atoms with Crippen molar-refractivity contribution in [3.8, 4) is 0 Å². The van der Waals surface area contributed by atoms with Crippen LogP contribution in [0.15, 0.2) is 69.5 Å². The lowest BCUT2D eigenvalue weighted by Gasteiger charge is -2.29. The third-order valence-electron chi connectivity index (χ3n) is 4.51. The summed E-state index contributed by atoms with van der Waals surface area (Å²) in [4.78, 5) is 10.0. The number of nitrogens with zero attached hydrogens (tertiary/aromatic N) is 4. The molecule has 3 aromatic heterocycles. The van der Waals surface area contributed by atoms with E-state index in [9.17, 15) is 8.42 Å². The van der Waals surface area contributed by atoms with Crippen LogP contribution in [0.2, 0.25) is 0 Å². The molecule has 9 nitrogen and oxygen atoms in total. The molecule has 5 rings (SSSR count). The van der Waals surface area contributed by atoms with Crippen LogP contribution in [0.25, 0.3) is 10.1 Å². The van der Waals surface area contributed by atoms with Crippen molar-refractivity contribution in [3.05, 3.63) is 60.6 Å². The Labute approximate surface area is 169 Å². The van der Waals surface area contributed by atoms with Crippen LogP contribution in [0.4, 0.5) is 17.3 Å². The smallest absolute Gasteiger partial charge is 0.280 e. The Morgan fingerprint density at radius 3 is 2.83 bits per heavy atom. The van der Waals surface area contributed by atoms with Gasteiger partial charge < -0.3 is 15.1 Å². The van der Waals surface area contributed by atoms with Crippen LogP contribution in [0, 0.1) is 0 Å². The SMILES string of the molecule is NC1c2ccoc2N=CN1c1ccc(NS(=O)(=O)c2nccc3sncc23)cc1. The highest BCUT2D eigenvalue weighted by atomic mass is 32.2. The fraction of sp³-hybridized carbons (Fsp3) is 0.0556. The predicted molar refractivity (Wildman–Crippen MR) is 111 cm³/mol. The number of sulfonamides is 1. The molecular weight excluding hydrogens is 412 g/mol. The van der Waals surface area contributed by atoms with Gasteiger partial charge in [0.25, 0.3) is 10.0 Å². The van der Waals surface area contributed by atoms with Gasteiger partial charge in [-0.25, -0.2) is 9.98 Å². The van der Waals surface area contributed by atoms with E-state index >= 15 is 0 Å². The summed E-state index contributed by atoms with van der Waals surface area (Å²) < 4.78 is 38.2. The molecule has 0 amide bonds. The van der Waals surface area contributed by atoms with Crippen LogP contribution in [0.3, 0.4) is 0 Å². The van der Waals surface area contributed by atoms with E-state index in [1.54, 1.807) is 53.9 Å². The first-order valence-electron chi connectivity index (χ1n) is 8.51. The summed E-state index contributed by atoms with van der Waals surface area (Å²) in [5.41, 5.74) is 8.22. The van der Waals surface area contributed by atoms with Gasteiger partial charge in [-0.3, -0.25) is 4.72 Å². The Morgan fingerprint density at radius 2 is 2.00 bits per heavy atom. The lowest BCUT2D eigenvalue weighted by Crippen LogP contribution is -2.35. The lowest BCUT2D eigenvalue weighted by atomic mass is 10.2. The van der Waals surface area contributed by atoms with Crippen LogP contribution in [-0.4, -0.2) is 24.1 Å². The van der Waals surface area contributed by atoms with Crippen LogP contribution in [0.1, 0.15) is 11.7 Å². The number of hydrogen-bond donors (Lipinski definition) is 2. The van der Waals surface area contributed by atoms with E-state index in [4.69, 9.17) is 10.2 Å². The molecule has 0 spiro atoms. The van der Waals surface area contributed by atoms with Crippen molar-refractivity contribution in [2.45, 2.75) is 11.2 Å². The van der Waals surface area contributed by atoms with Crippen molar-refractivity contribution in [2.75, 3.05) is 9.62 Å². The topological polar surface area (TPSA) is 127 Å². The Morgan fingerprint density at radius 1 is 1.17 bits per heavy atom. The van der Waals surface area contributed by atoms with Gasteiger partial charge in [-0.2, -0.15) is 12.8 Å². The number of anilines is 2. The molecule has 1 aromatic carbocycles. The molecule has 0 fully saturated rings. The molecule has 1 aliphatic rings. The highest BCUT2D eigenvalue weighted by Gasteiger charge is 2.25. The lowest BCUT2D eigenvalue weighted by molar-refractivity contribution is 0.567. The first-order valence-corrected chi connectivity index (χ1v) is 10.8. The maximum Gasteiger partial charge on any atom is 0.280 e. The van der Waals surface area contributed by atoms with Gasteiger partial charge in [0.1, 0.15) is 12.5 Å². The summed E-state index contributed by atoms with van der Waals surface area (Å²) in [7, 11) is -3.86. The largest absolute Gasteiger partial charge is 0.446 e. The molecule has 0 saturated heterocycles. The van der Waals surface area contributed by atoms with Crippen molar-refractivity contribution in [2.24, 2.45) is 10.7 Å². The summed E-state index contributed by atoms with van der Waals surface area (Å²) in [5, 5.41) is 0.443. The zero-order valence-electron chi connectivity index (χ0n) is 14.8. The molecule has 0 bridgehead atoms. The Bertz CT molecular complexity index is 1330. The Balaban J connectivity index is 1.40. The quantitative estimate of drug-likeness (QED) is 0.513. The molecule has 4 aromatic rings. The second kappa shape index (κ2) is 6.65. The Hall–Kier alpha value is -3.28. The van der Waals surface area contributed by atoms with Crippen LogP contribution in [-0.2, 0) is 10.0 Å². The molecule has 1 atom stereocenters. The molecule has 1 unspecified atom stereocenters. The van der Waals surface area contributed by atoms with Gasteiger partial charge in [0.15, 0.2) is 5.03 Å². The zero-order valence-corrected chi connectivity index (χ0v) is 16.4. The fourth-order valence-corrected chi connectivity index (χ4v) is 5.00. The molecule has 146 valence electrons. The van der Waals surface area contributed by atoms with E-state index in [0.29, 0.717) is 17.0 Å². The number of aliphatic imine (C=N–C) groups is 1. The third-order valence-corrected chi connectivity index (χ3v) is 6.61. The maximum absolute atomic E-state index is 12.8. The van der Waals surface area contributed by atoms with Gasteiger partial charge in [-0.05, 0) is 47.9 Å². The van der Waals surface area contributed by atoms with Gasteiger partial charge in [-0.15, -0.1) is 0 Å². The van der Waals surface area contributed by atoms with Crippen molar-refractivity contribution in [1.82, 2.24) is 9.36 Å². The second-order valence-electron chi connectivity index (χ2n) is 6.28. The number of pyridine rings is 1. The highest BCUT2D eigenvalue weighted by molar-refractivity contribution is 7.92. The molecule has 29 heavy (non-hydrogen) atoms. The number of benzene rings is 1. The average molecular weight is 426 g/mol. The van der Waals surface area contributed by atoms with Gasteiger partial charge in [0.05, 0.1) is 28.1 Å². The third kappa shape index (κ3) is 3.05. The van der Waals surface area contributed by atoms with E-state index in [1.165, 1.54) is 23.9 Å². The molecule has 0 saturated carbocycles.